The highest BCUT2D eigenvalue weighted by Crippen LogP contribution is 2.70. The number of fused-ring (bicyclic) bond motifs is 2. The van der Waals surface area contributed by atoms with Gasteiger partial charge in [-0.05, 0) is 74.5 Å². The van der Waals surface area contributed by atoms with Crippen LogP contribution < -0.4 is 0 Å². The van der Waals surface area contributed by atoms with Gasteiger partial charge in [-0.3, -0.25) is 4.79 Å². The molecule has 3 aliphatic rings. The normalized spacial score (nSPS) is 37.6. The SMILES string of the molecule is CCCOCCCCC1C(C)C(OCCC)CC1C1(C=O)CC2C=C(C(C)C)C1(C(=O)O)C2. The lowest BCUT2D eigenvalue weighted by Crippen LogP contribution is -2.53. The average molecular weight is 463 g/mol. The lowest BCUT2D eigenvalue weighted by Gasteiger charge is -2.48. The van der Waals surface area contributed by atoms with E-state index in [9.17, 15) is 14.7 Å². The summed E-state index contributed by atoms with van der Waals surface area (Å²) in [7, 11) is 0. The Morgan fingerprint density at radius 1 is 1.18 bits per heavy atom. The van der Waals surface area contributed by atoms with Gasteiger partial charge >= 0.3 is 5.97 Å². The van der Waals surface area contributed by atoms with Crippen LogP contribution in [0.1, 0.15) is 86.0 Å². The molecule has 33 heavy (non-hydrogen) atoms. The number of hydrogen-bond acceptors (Lipinski definition) is 4. The Morgan fingerprint density at radius 2 is 1.91 bits per heavy atom. The summed E-state index contributed by atoms with van der Waals surface area (Å²) in [4.78, 5) is 26.0. The zero-order valence-electron chi connectivity index (χ0n) is 21.5. The van der Waals surface area contributed by atoms with E-state index in [1.807, 2.05) is 0 Å². The minimum Gasteiger partial charge on any atom is -0.481 e. The molecule has 7 unspecified atom stereocenters. The molecule has 1 N–H and O–H groups in total. The van der Waals surface area contributed by atoms with Crippen molar-refractivity contribution < 1.29 is 24.2 Å². The van der Waals surface area contributed by atoms with Crippen LogP contribution in [-0.4, -0.2) is 43.3 Å². The van der Waals surface area contributed by atoms with Crippen molar-refractivity contribution in [3.63, 3.8) is 0 Å². The van der Waals surface area contributed by atoms with Crippen molar-refractivity contribution in [2.24, 2.45) is 40.4 Å². The van der Waals surface area contributed by atoms with Gasteiger partial charge in [-0.25, -0.2) is 0 Å². The van der Waals surface area contributed by atoms with Gasteiger partial charge in [0, 0.05) is 25.2 Å². The number of carbonyl (C=O) groups excluding carboxylic acids is 1. The highest BCUT2D eigenvalue weighted by atomic mass is 16.5. The third kappa shape index (κ3) is 4.57. The summed E-state index contributed by atoms with van der Waals surface area (Å²) in [5, 5.41) is 10.6. The number of allylic oxidation sites excluding steroid dienone is 1. The summed E-state index contributed by atoms with van der Waals surface area (Å²) in [5.74, 6) is 0.195. The summed E-state index contributed by atoms with van der Waals surface area (Å²) >= 11 is 0. The fourth-order valence-corrected chi connectivity index (χ4v) is 7.62. The van der Waals surface area contributed by atoms with E-state index in [1.54, 1.807) is 0 Å². The Labute approximate surface area is 200 Å². The number of carboxylic acid groups (broad SMARTS) is 1. The molecular formula is C28H46O5. The van der Waals surface area contributed by atoms with Gasteiger partial charge in [-0.15, -0.1) is 0 Å². The highest BCUT2D eigenvalue weighted by Gasteiger charge is 2.71. The average Bonchev–Trinajstić information content (AvgIpc) is 3.44. The zero-order chi connectivity index (χ0) is 24.2. The van der Waals surface area contributed by atoms with E-state index in [-0.39, 0.29) is 23.9 Å². The summed E-state index contributed by atoms with van der Waals surface area (Å²) < 4.78 is 12.0. The molecule has 7 atom stereocenters. The first-order chi connectivity index (χ1) is 15.8. The number of unbranched alkanes of at least 4 members (excludes halogenated alkanes) is 1. The van der Waals surface area contributed by atoms with Gasteiger partial charge in [0.2, 0.25) is 0 Å². The fraction of sp³-hybridized carbons (Fsp3) is 0.857. The molecule has 3 aliphatic carbocycles. The predicted molar refractivity (Wildman–Crippen MR) is 130 cm³/mol. The van der Waals surface area contributed by atoms with Crippen LogP contribution in [0, 0.1) is 40.4 Å². The monoisotopic (exact) mass is 462 g/mol. The van der Waals surface area contributed by atoms with Gasteiger partial charge in [0.25, 0.3) is 0 Å². The Bertz CT molecular complexity index is 715. The van der Waals surface area contributed by atoms with Crippen LogP contribution in [0.15, 0.2) is 11.6 Å². The molecule has 0 aromatic rings. The first-order valence-corrected chi connectivity index (χ1v) is 13.4. The first-order valence-electron chi connectivity index (χ1n) is 13.4. The first kappa shape index (κ1) is 26.4. The quantitative estimate of drug-likeness (QED) is 0.197. The molecule has 0 aromatic heterocycles. The van der Waals surface area contributed by atoms with Crippen molar-refractivity contribution in [1.82, 2.24) is 0 Å². The summed E-state index contributed by atoms with van der Waals surface area (Å²) in [5.41, 5.74) is -0.907. The van der Waals surface area contributed by atoms with Crippen LogP contribution in [-0.2, 0) is 19.1 Å². The van der Waals surface area contributed by atoms with Crippen molar-refractivity contribution in [3.8, 4) is 0 Å². The van der Waals surface area contributed by atoms with Crippen molar-refractivity contribution in [2.45, 2.75) is 92.1 Å². The molecule has 0 saturated heterocycles. The maximum Gasteiger partial charge on any atom is 0.314 e. The number of hydrogen-bond donors (Lipinski definition) is 1. The molecule has 0 heterocycles. The van der Waals surface area contributed by atoms with Crippen LogP contribution >= 0.6 is 0 Å². The summed E-state index contributed by atoms with van der Waals surface area (Å²) in [6, 6.07) is 0. The molecule has 0 amide bonds. The molecular weight excluding hydrogens is 416 g/mol. The minimum absolute atomic E-state index is 0.0481. The lowest BCUT2D eigenvalue weighted by molar-refractivity contribution is -0.160. The second-order valence-corrected chi connectivity index (χ2v) is 11.2. The molecule has 2 fully saturated rings. The van der Waals surface area contributed by atoms with Crippen LogP contribution in [0.4, 0.5) is 0 Å². The number of carboxylic acids is 1. The third-order valence-corrected chi connectivity index (χ3v) is 8.96. The van der Waals surface area contributed by atoms with Crippen molar-refractivity contribution in [2.75, 3.05) is 19.8 Å². The highest BCUT2D eigenvalue weighted by molar-refractivity contribution is 5.88. The number of aldehydes is 1. The molecule has 188 valence electrons. The second kappa shape index (κ2) is 11.0. The molecule has 0 spiro atoms. The maximum absolute atomic E-state index is 13.1. The lowest BCUT2D eigenvalue weighted by atomic mass is 9.52. The van der Waals surface area contributed by atoms with E-state index >= 15 is 0 Å². The largest absolute Gasteiger partial charge is 0.481 e. The van der Waals surface area contributed by atoms with Crippen LogP contribution in [0.3, 0.4) is 0 Å². The van der Waals surface area contributed by atoms with Gasteiger partial charge in [0.1, 0.15) is 11.7 Å². The number of rotatable bonds is 14. The standard InChI is InChI=1S/C28H46O5/c1-6-11-32-13-9-8-10-22-20(5)25(33-12-7-2)15-24(22)27(18-29)16-21-14-23(19(3)4)28(27,17-21)26(30)31/h14,18-22,24-25H,6-13,15-17H2,1-5H3,(H,30,31). The van der Waals surface area contributed by atoms with E-state index in [1.165, 1.54) is 0 Å². The smallest absolute Gasteiger partial charge is 0.314 e. The number of carbonyl (C=O) groups is 2. The van der Waals surface area contributed by atoms with E-state index in [4.69, 9.17) is 9.47 Å². The van der Waals surface area contributed by atoms with Crippen LogP contribution in [0.2, 0.25) is 0 Å². The van der Waals surface area contributed by atoms with Gasteiger partial charge < -0.3 is 19.4 Å². The Hall–Kier alpha value is -1.20. The van der Waals surface area contributed by atoms with Gasteiger partial charge in [0.05, 0.1) is 6.10 Å². The summed E-state index contributed by atoms with van der Waals surface area (Å²) in [6.07, 6.45) is 10.5. The molecule has 0 aliphatic heterocycles. The Morgan fingerprint density at radius 3 is 2.52 bits per heavy atom. The molecule has 5 nitrogen and oxygen atoms in total. The third-order valence-electron chi connectivity index (χ3n) is 8.96. The number of aliphatic carboxylic acids is 1. The molecule has 0 aromatic carbocycles. The molecule has 3 rings (SSSR count). The Balaban J connectivity index is 1.90. The summed E-state index contributed by atoms with van der Waals surface area (Å²) in [6.45, 7) is 12.9. The second-order valence-electron chi connectivity index (χ2n) is 11.2. The topological polar surface area (TPSA) is 72.8 Å². The van der Waals surface area contributed by atoms with Crippen molar-refractivity contribution >= 4 is 12.3 Å². The van der Waals surface area contributed by atoms with Crippen molar-refractivity contribution in [3.05, 3.63) is 11.6 Å². The Kier molecular flexibility index (Phi) is 8.82. The van der Waals surface area contributed by atoms with Crippen molar-refractivity contribution in [1.29, 1.82) is 0 Å². The van der Waals surface area contributed by atoms with Crippen LogP contribution in [0.25, 0.3) is 0 Å². The molecule has 2 saturated carbocycles. The van der Waals surface area contributed by atoms with E-state index < -0.39 is 16.8 Å². The van der Waals surface area contributed by atoms with Gasteiger partial charge in [-0.2, -0.15) is 0 Å². The van der Waals surface area contributed by atoms with E-state index in [2.05, 4.69) is 40.7 Å². The van der Waals surface area contributed by atoms with Gasteiger partial charge in [-0.1, -0.05) is 52.7 Å². The molecule has 5 heteroatoms. The molecule has 2 bridgehead atoms. The number of ether oxygens (including phenoxy) is 2. The zero-order valence-corrected chi connectivity index (χ0v) is 21.5. The minimum atomic E-state index is -1.06. The van der Waals surface area contributed by atoms with E-state index in [0.717, 1.165) is 70.2 Å². The predicted octanol–water partition coefficient (Wildman–Crippen LogP) is 5.91. The van der Waals surface area contributed by atoms with Gasteiger partial charge in [0.15, 0.2) is 0 Å². The fourth-order valence-electron chi connectivity index (χ4n) is 7.62. The molecule has 0 radical (unpaired) electrons. The van der Waals surface area contributed by atoms with E-state index in [0.29, 0.717) is 24.7 Å². The van der Waals surface area contributed by atoms with Crippen LogP contribution in [0.5, 0.6) is 0 Å². The maximum atomic E-state index is 13.1.